The molecule has 0 saturated heterocycles. The van der Waals surface area contributed by atoms with E-state index in [-0.39, 0.29) is 6.04 Å². The number of fused-ring (bicyclic) bond motifs is 3. The van der Waals surface area contributed by atoms with Gasteiger partial charge in [0.25, 0.3) is 0 Å². The van der Waals surface area contributed by atoms with Crippen LogP contribution in [0.5, 0.6) is 5.75 Å². The predicted molar refractivity (Wildman–Crippen MR) is 156 cm³/mol. The van der Waals surface area contributed by atoms with E-state index in [0.29, 0.717) is 42.0 Å². The second-order valence-electron chi connectivity index (χ2n) is 10.4. The van der Waals surface area contributed by atoms with E-state index in [0.717, 1.165) is 58.7 Å². The van der Waals surface area contributed by atoms with E-state index in [1.807, 2.05) is 19.1 Å². The van der Waals surface area contributed by atoms with Crippen LogP contribution in [0.4, 0.5) is 5.69 Å². The van der Waals surface area contributed by atoms with Crippen LogP contribution in [0, 0.1) is 12.8 Å². The molecule has 4 aromatic rings. The van der Waals surface area contributed by atoms with E-state index in [1.165, 1.54) is 0 Å². The van der Waals surface area contributed by atoms with Gasteiger partial charge in [0.1, 0.15) is 18.0 Å². The molecule has 0 amide bonds. The predicted octanol–water partition coefficient (Wildman–Crippen LogP) is 5.67. The summed E-state index contributed by atoms with van der Waals surface area (Å²) in [7, 11) is -3.54. The van der Waals surface area contributed by atoms with Crippen LogP contribution in [0.3, 0.4) is 0 Å². The Morgan fingerprint density at radius 1 is 1.00 bits per heavy atom. The molecule has 0 fully saturated rings. The Balaban J connectivity index is 1.27. The zero-order chi connectivity index (χ0) is 27.6. The third kappa shape index (κ3) is 6.30. The lowest BCUT2D eigenvalue weighted by Gasteiger charge is -2.16. The molecule has 0 saturated carbocycles. The van der Waals surface area contributed by atoms with Gasteiger partial charge in [-0.25, -0.2) is 13.4 Å². The number of ether oxygens (including phenoxy) is 2. The van der Waals surface area contributed by atoms with Crippen molar-refractivity contribution in [3.8, 4) is 5.75 Å². The van der Waals surface area contributed by atoms with Crippen molar-refractivity contribution >= 4 is 43.4 Å². The molecule has 0 spiro atoms. The summed E-state index contributed by atoms with van der Waals surface area (Å²) in [5.74, 6) is 1.21. The van der Waals surface area contributed by atoms with Crippen molar-refractivity contribution < 1.29 is 17.9 Å². The first-order valence-corrected chi connectivity index (χ1v) is 15.2. The summed E-state index contributed by atoms with van der Waals surface area (Å²) >= 11 is 0. The monoisotopic (exact) mass is 546 g/mol. The molecule has 0 unspecified atom stereocenters. The molecule has 1 aliphatic heterocycles. The lowest BCUT2D eigenvalue weighted by molar-refractivity contribution is 0.291. The van der Waals surface area contributed by atoms with Crippen molar-refractivity contribution in [2.75, 3.05) is 24.2 Å². The molecule has 204 valence electrons. The highest BCUT2D eigenvalue weighted by atomic mass is 32.2. The SMILES string of the molecule is Cc1ccc2ccc3ccc(CCCCOc4cccc(C5=N[C@@H](C(C)C)CO5)c4NS(C)(=O)=O)nc3c2n1. The summed E-state index contributed by atoms with van der Waals surface area (Å²) in [6, 6.07) is 17.9. The summed E-state index contributed by atoms with van der Waals surface area (Å²) in [4.78, 5) is 14.3. The van der Waals surface area contributed by atoms with E-state index < -0.39 is 10.0 Å². The fourth-order valence-electron chi connectivity index (χ4n) is 4.63. The number of nitrogens with zero attached hydrogens (tertiary/aromatic N) is 3. The molecule has 1 N–H and O–H groups in total. The van der Waals surface area contributed by atoms with Crippen molar-refractivity contribution in [2.24, 2.45) is 10.9 Å². The number of anilines is 1. The number of aliphatic imine (C=N–C) groups is 1. The summed E-state index contributed by atoms with van der Waals surface area (Å²) in [6.07, 6.45) is 3.58. The molecule has 9 heteroatoms. The van der Waals surface area contributed by atoms with Gasteiger partial charge in [-0.05, 0) is 56.4 Å². The van der Waals surface area contributed by atoms with Crippen LogP contribution in [-0.2, 0) is 21.2 Å². The second kappa shape index (κ2) is 11.2. The topological polar surface area (TPSA) is 103 Å². The first-order valence-electron chi connectivity index (χ1n) is 13.3. The van der Waals surface area contributed by atoms with Crippen LogP contribution >= 0.6 is 0 Å². The molecule has 5 rings (SSSR count). The minimum atomic E-state index is -3.54. The minimum Gasteiger partial charge on any atom is -0.491 e. The van der Waals surface area contributed by atoms with Gasteiger partial charge in [-0.3, -0.25) is 14.7 Å². The Morgan fingerprint density at radius 2 is 1.72 bits per heavy atom. The standard InChI is InChI=1S/C30H34N4O4S/c1-19(2)25-18-38-30(33-25)24-9-7-10-26(29(24)34-39(4,35)36)37-17-6-5-8-23-16-15-22-14-13-21-12-11-20(3)31-27(21)28(22)32-23/h7,9-16,19,25,34H,5-6,8,17-18H2,1-4H3/t25-/m1/s1. The van der Waals surface area contributed by atoms with Gasteiger partial charge in [-0.15, -0.1) is 0 Å². The summed E-state index contributed by atoms with van der Waals surface area (Å²) in [6.45, 7) is 7.07. The lowest BCUT2D eigenvalue weighted by atomic mass is 10.1. The molecule has 0 radical (unpaired) electrons. The number of nitrogens with one attached hydrogen (secondary N) is 1. The van der Waals surface area contributed by atoms with Crippen molar-refractivity contribution in [1.29, 1.82) is 0 Å². The maximum Gasteiger partial charge on any atom is 0.229 e. The summed E-state index contributed by atoms with van der Waals surface area (Å²) in [5.41, 5.74) is 4.77. The highest BCUT2D eigenvalue weighted by Gasteiger charge is 2.26. The van der Waals surface area contributed by atoms with Crippen molar-refractivity contribution in [1.82, 2.24) is 9.97 Å². The molecule has 2 aromatic heterocycles. The van der Waals surface area contributed by atoms with Crippen molar-refractivity contribution in [3.63, 3.8) is 0 Å². The van der Waals surface area contributed by atoms with Crippen molar-refractivity contribution in [2.45, 2.75) is 46.1 Å². The molecular weight excluding hydrogens is 512 g/mol. The van der Waals surface area contributed by atoms with Crippen LogP contribution in [0.25, 0.3) is 21.8 Å². The van der Waals surface area contributed by atoms with Gasteiger partial charge < -0.3 is 9.47 Å². The number of aryl methyl sites for hydroxylation is 2. The molecule has 1 aliphatic rings. The van der Waals surface area contributed by atoms with Crippen LogP contribution < -0.4 is 9.46 Å². The number of aromatic nitrogens is 2. The quantitative estimate of drug-likeness (QED) is 0.203. The Bertz CT molecular complexity index is 1650. The lowest BCUT2D eigenvalue weighted by Crippen LogP contribution is -2.15. The number of hydrogen-bond donors (Lipinski definition) is 1. The van der Waals surface area contributed by atoms with E-state index in [1.54, 1.807) is 12.1 Å². The van der Waals surface area contributed by atoms with Crippen LogP contribution in [0.2, 0.25) is 0 Å². The molecule has 0 bridgehead atoms. The maximum absolute atomic E-state index is 12.2. The highest BCUT2D eigenvalue weighted by Crippen LogP contribution is 2.32. The van der Waals surface area contributed by atoms with Crippen LogP contribution in [0.1, 0.15) is 43.6 Å². The number of rotatable bonds is 10. The number of pyridine rings is 2. The van der Waals surface area contributed by atoms with Crippen LogP contribution in [0.15, 0.2) is 59.6 Å². The Hall–Kier alpha value is -3.72. The van der Waals surface area contributed by atoms with E-state index >= 15 is 0 Å². The molecule has 3 heterocycles. The highest BCUT2D eigenvalue weighted by molar-refractivity contribution is 7.92. The number of sulfonamides is 1. The average Bonchev–Trinajstić information content (AvgIpc) is 3.39. The maximum atomic E-state index is 12.2. The van der Waals surface area contributed by atoms with Gasteiger partial charge >= 0.3 is 0 Å². The number of benzene rings is 2. The van der Waals surface area contributed by atoms with Gasteiger partial charge in [0.2, 0.25) is 15.9 Å². The average molecular weight is 547 g/mol. The fourth-order valence-corrected chi connectivity index (χ4v) is 5.22. The zero-order valence-corrected chi connectivity index (χ0v) is 23.6. The summed E-state index contributed by atoms with van der Waals surface area (Å²) < 4.78 is 38.8. The van der Waals surface area contributed by atoms with Crippen LogP contribution in [-0.4, -0.2) is 49.8 Å². The van der Waals surface area contributed by atoms with E-state index in [9.17, 15) is 8.42 Å². The first-order chi connectivity index (χ1) is 18.7. The fraction of sp³-hybridized carbons (Fsp3) is 0.367. The summed E-state index contributed by atoms with van der Waals surface area (Å²) in [5, 5.41) is 2.16. The normalized spacial score (nSPS) is 15.5. The van der Waals surface area contributed by atoms with Crippen molar-refractivity contribution in [3.05, 3.63) is 71.5 Å². The zero-order valence-electron chi connectivity index (χ0n) is 22.8. The van der Waals surface area contributed by atoms with Gasteiger partial charge in [-0.1, -0.05) is 44.2 Å². The van der Waals surface area contributed by atoms with Gasteiger partial charge in [-0.2, -0.15) is 0 Å². The molecule has 0 aliphatic carbocycles. The smallest absolute Gasteiger partial charge is 0.229 e. The second-order valence-corrected chi connectivity index (χ2v) is 12.1. The number of para-hydroxylation sites is 1. The Morgan fingerprint density at radius 3 is 2.44 bits per heavy atom. The van der Waals surface area contributed by atoms with Gasteiger partial charge in [0, 0.05) is 22.2 Å². The third-order valence-electron chi connectivity index (χ3n) is 6.79. The van der Waals surface area contributed by atoms with E-state index in [4.69, 9.17) is 19.4 Å². The van der Waals surface area contributed by atoms with E-state index in [2.05, 4.69) is 53.9 Å². The Kier molecular flexibility index (Phi) is 7.70. The molecular formula is C30H34N4O4S. The molecule has 2 aromatic carbocycles. The molecule has 39 heavy (non-hydrogen) atoms. The number of unbranched alkanes of at least 4 members (excludes halogenated alkanes) is 1. The third-order valence-corrected chi connectivity index (χ3v) is 7.36. The minimum absolute atomic E-state index is 0.0390. The van der Waals surface area contributed by atoms with Gasteiger partial charge in [0.05, 0.1) is 35.5 Å². The molecule has 1 atom stereocenters. The largest absolute Gasteiger partial charge is 0.491 e. The van der Waals surface area contributed by atoms with Gasteiger partial charge in [0.15, 0.2) is 0 Å². The Labute approximate surface area is 229 Å². The number of hydrogen-bond acceptors (Lipinski definition) is 7. The molecule has 8 nitrogen and oxygen atoms in total. The first kappa shape index (κ1) is 26.9.